The van der Waals surface area contributed by atoms with Gasteiger partial charge < -0.3 is 5.11 Å². The van der Waals surface area contributed by atoms with E-state index in [1.54, 1.807) is 36.4 Å². The highest BCUT2D eigenvalue weighted by molar-refractivity contribution is 9.10. The lowest BCUT2D eigenvalue weighted by molar-refractivity contribution is 0.219. The Morgan fingerprint density at radius 1 is 0.944 bits per heavy atom. The first-order valence-electron chi connectivity index (χ1n) is 5.07. The molecule has 0 saturated carbocycles. The SMILES string of the molecule is OC(c1ccc(Cl)c(Cl)c1)c1ccc(Cl)cc1Br. The first kappa shape index (κ1) is 14.2. The molecule has 0 aliphatic carbocycles. The fourth-order valence-electron chi connectivity index (χ4n) is 1.59. The maximum Gasteiger partial charge on any atom is 0.105 e. The Bertz CT molecular complexity index is 586. The summed E-state index contributed by atoms with van der Waals surface area (Å²) < 4.78 is 0.744. The largest absolute Gasteiger partial charge is 0.384 e. The second-order valence-corrected chi connectivity index (χ2v) is 5.85. The van der Waals surface area contributed by atoms with Crippen molar-refractivity contribution in [2.45, 2.75) is 6.10 Å². The number of hydrogen-bond acceptors (Lipinski definition) is 1. The molecule has 2 aromatic carbocycles. The fourth-order valence-corrected chi connectivity index (χ4v) is 2.79. The third-order valence-electron chi connectivity index (χ3n) is 2.52. The van der Waals surface area contributed by atoms with Gasteiger partial charge in [-0.3, -0.25) is 0 Å². The zero-order valence-electron chi connectivity index (χ0n) is 9.00. The summed E-state index contributed by atoms with van der Waals surface area (Å²) in [4.78, 5) is 0. The Morgan fingerprint density at radius 3 is 2.28 bits per heavy atom. The minimum atomic E-state index is -0.786. The Hall–Kier alpha value is -0.250. The number of aliphatic hydroxyl groups excluding tert-OH is 1. The predicted octanol–water partition coefficient (Wildman–Crippen LogP) is 5.49. The van der Waals surface area contributed by atoms with Crippen molar-refractivity contribution in [1.82, 2.24) is 0 Å². The van der Waals surface area contributed by atoms with Crippen LogP contribution in [0.15, 0.2) is 40.9 Å². The van der Waals surface area contributed by atoms with Gasteiger partial charge in [0, 0.05) is 9.50 Å². The molecule has 2 aromatic rings. The van der Waals surface area contributed by atoms with Gasteiger partial charge in [0.05, 0.1) is 10.0 Å². The highest BCUT2D eigenvalue weighted by Crippen LogP contribution is 2.33. The zero-order valence-corrected chi connectivity index (χ0v) is 12.9. The molecule has 2 rings (SSSR count). The molecule has 0 amide bonds. The van der Waals surface area contributed by atoms with Crippen LogP contribution in [0.25, 0.3) is 0 Å². The van der Waals surface area contributed by atoms with E-state index in [0.29, 0.717) is 20.6 Å². The summed E-state index contributed by atoms with van der Waals surface area (Å²) in [5.41, 5.74) is 1.39. The van der Waals surface area contributed by atoms with E-state index in [4.69, 9.17) is 34.8 Å². The van der Waals surface area contributed by atoms with Crippen molar-refractivity contribution in [3.05, 3.63) is 67.1 Å². The van der Waals surface area contributed by atoms with Crippen LogP contribution in [0.5, 0.6) is 0 Å². The monoisotopic (exact) mass is 364 g/mol. The van der Waals surface area contributed by atoms with Crippen LogP contribution in [0.3, 0.4) is 0 Å². The van der Waals surface area contributed by atoms with Crippen molar-refractivity contribution in [1.29, 1.82) is 0 Å². The van der Waals surface area contributed by atoms with Crippen LogP contribution in [0.1, 0.15) is 17.2 Å². The fraction of sp³-hybridized carbons (Fsp3) is 0.0769. The molecule has 5 heteroatoms. The molecule has 1 atom stereocenters. The Morgan fingerprint density at radius 2 is 1.67 bits per heavy atom. The molecule has 94 valence electrons. The second-order valence-electron chi connectivity index (χ2n) is 3.74. The van der Waals surface area contributed by atoms with E-state index in [1.165, 1.54) is 0 Å². The molecule has 0 saturated heterocycles. The van der Waals surface area contributed by atoms with E-state index < -0.39 is 6.10 Å². The quantitative estimate of drug-likeness (QED) is 0.745. The van der Waals surface area contributed by atoms with Crippen molar-refractivity contribution < 1.29 is 5.11 Å². The minimum Gasteiger partial charge on any atom is -0.384 e. The highest BCUT2D eigenvalue weighted by atomic mass is 79.9. The van der Waals surface area contributed by atoms with Gasteiger partial charge in [0.1, 0.15) is 6.10 Å². The summed E-state index contributed by atoms with van der Waals surface area (Å²) in [7, 11) is 0. The van der Waals surface area contributed by atoms with Crippen LogP contribution in [0.4, 0.5) is 0 Å². The van der Waals surface area contributed by atoms with Crippen LogP contribution >= 0.6 is 50.7 Å². The van der Waals surface area contributed by atoms with Crippen molar-refractivity contribution in [2.75, 3.05) is 0 Å². The third kappa shape index (κ3) is 3.01. The molecule has 0 fully saturated rings. The van der Waals surface area contributed by atoms with Gasteiger partial charge in [-0.1, -0.05) is 62.9 Å². The lowest BCUT2D eigenvalue weighted by Gasteiger charge is -2.14. The molecule has 0 aliphatic heterocycles. The molecule has 0 bridgehead atoms. The molecular weight excluding hydrogens is 358 g/mol. The van der Waals surface area contributed by atoms with Crippen LogP contribution in [-0.2, 0) is 0 Å². The van der Waals surface area contributed by atoms with Crippen LogP contribution in [-0.4, -0.2) is 5.11 Å². The first-order chi connectivity index (χ1) is 8.49. The highest BCUT2D eigenvalue weighted by Gasteiger charge is 2.15. The van der Waals surface area contributed by atoms with Crippen LogP contribution in [0, 0.1) is 0 Å². The second kappa shape index (κ2) is 5.81. The number of halogens is 4. The van der Waals surface area contributed by atoms with E-state index in [2.05, 4.69) is 15.9 Å². The summed E-state index contributed by atoms with van der Waals surface area (Å²) in [6.45, 7) is 0. The van der Waals surface area contributed by atoms with Gasteiger partial charge in [-0.05, 0) is 35.4 Å². The Balaban J connectivity index is 2.41. The van der Waals surface area contributed by atoms with Gasteiger partial charge >= 0.3 is 0 Å². The molecule has 0 aliphatic rings. The van der Waals surface area contributed by atoms with Gasteiger partial charge in [0.15, 0.2) is 0 Å². The average Bonchev–Trinajstić information content (AvgIpc) is 2.32. The van der Waals surface area contributed by atoms with Crippen molar-refractivity contribution in [3.63, 3.8) is 0 Å². The molecule has 18 heavy (non-hydrogen) atoms. The van der Waals surface area contributed by atoms with Gasteiger partial charge in [-0.15, -0.1) is 0 Å². The average molecular weight is 366 g/mol. The maximum absolute atomic E-state index is 10.3. The lowest BCUT2D eigenvalue weighted by Crippen LogP contribution is -2.00. The van der Waals surface area contributed by atoms with E-state index >= 15 is 0 Å². The Labute approximate surface area is 128 Å². The summed E-state index contributed by atoms with van der Waals surface area (Å²) in [6, 6.07) is 10.3. The lowest BCUT2D eigenvalue weighted by atomic mass is 10.0. The normalized spacial score (nSPS) is 12.5. The number of hydrogen-bond donors (Lipinski definition) is 1. The maximum atomic E-state index is 10.3. The van der Waals surface area contributed by atoms with Crippen LogP contribution in [0.2, 0.25) is 15.1 Å². The molecule has 0 heterocycles. The van der Waals surface area contributed by atoms with E-state index in [0.717, 1.165) is 10.0 Å². The topological polar surface area (TPSA) is 20.2 Å². The Kier molecular flexibility index (Phi) is 4.57. The van der Waals surface area contributed by atoms with Gasteiger partial charge in [0.2, 0.25) is 0 Å². The van der Waals surface area contributed by atoms with Crippen LogP contribution < -0.4 is 0 Å². The van der Waals surface area contributed by atoms with E-state index in [1.807, 2.05) is 0 Å². The standard InChI is InChI=1S/C13H8BrCl3O/c14-10-6-8(15)2-3-9(10)13(18)7-1-4-11(16)12(17)5-7/h1-6,13,18H. The summed E-state index contributed by atoms with van der Waals surface area (Å²) in [5, 5.41) is 11.8. The summed E-state index contributed by atoms with van der Waals surface area (Å²) in [5.74, 6) is 0. The van der Waals surface area contributed by atoms with Gasteiger partial charge in [-0.2, -0.15) is 0 Å². The first-order valence-corrected chi connectivity index (χ1v) is 6.99. The molecule has 1 unspecified atom stereocenters. The van der Waals surface area contributed by atoms with E-state index in [-0.39, 0.29) is 0 Å². The van der Waals surface area contributed by atoms with Crippen molar-refractivity contribution >= 4 is 50.7 Å². The van der Waals surface area contributed by atoms with Crippen molar-refractivity contribution in [2.24, 2.45) is 0 Å². The molecule has 0 spiro atoms. The zero-order chi connectivity index (χ0) is 13.3. The number of aliphatic hydroxyl groups is 1. The van der Waals surface area contributed by atoms with Gasteiger partial charge in [-0.25, -0.2) is 0 Å². The molecular formula is C13H8BrCl3O. The van der Waals surface area contributed by atoms with E-state index in [9.17, 15) is 5.11 Å². The van der Waals surface area contributed by atoms with Crippen molar-refractivity contribution in [3.8, 4) is 0 Å². The minimum absolute atomic E-state index is 0.415. The number of benzene rings is 2. The molecule has 1 nitrogen and oxygen atoms in total. The smallest absolute Gasteiger partial charge is 0.105 e. The predicted molar refractivity (Wildman–Crippen MR) is 79.7 cm³/mol. The molecule has 1 N–H and O–H groups in total. The molecule has 0 aromatic heterocycles. The molecule has 0 radical (unpaired) electrons. The third-order valence-corrected chi connectivity index (χ3v) is 4.18. The summed E-state index contributed by atoms with van der Waals surface area (Å²) in [6.07, 6.45) is -0.786. The van der Waals surface area contributed by atoms with Gasteiger partial charge in [0.25, 0.3) is 0 Å². The number of rotatable bonds is 2. The summed E-state index contributed by atoms with van der Waals surface area (Å²) >= 11 is 21.0.